The standard InChI is InChI=1S/C16H16N2O4/c17-9-13(15(19)18-10-14-2-1-7-22-14)8-11-3-5-12(6-4-11)16(20)21/h3-6,8,14H,1-2,7,10H2,(H,18,19)(H,20,21)/b13-8-/t14-/m1/s1. The molecule has 0 spiro atoms. The highest BCUT2D eigenvalue weighted by Gasteiger charge is 2.17. The van der Waals surface area contributed by atoms with Gasteiger partial charge >= 0.3 is 5.97 Å². The van der Waals surface area contributed by atoms with Gasteiger partial charge in [-0.15, -0.1) is 0 Å². The van der Waals surface area contributed by atoms with E-state index in [1.165, 1.54) is 18.2 Å². The normalized spacial score (nSPS) is 17.8. The Labute approximate surface area is 128 Å². The Morgan fingerprint density at radius 1 is 1.41 bits per heavy atom. The zero-order valence-electron chi connectivity index (χ0n) is 11.9. The minimum atomic E-state index is -1.02. The number of hydrogen-bond donors (Lipinski definition) is 2. The van der Waals surface area contributed by atoms with Crippen molar-refractivity contribution in [2.45, 2.75) is 18.9 Å². The van der Waals surface area contributed by atoms with Crippen molar-refractivity contribution >= 4 is 18.0 Å². The fourth-order valence-corrected chi connectivity index (χ4v) is 2.14. The number of nitriles is 1. The van der Waals surface area contributed by atoms with Crippen LogP contribution in [-0.2, 0) is 9.53 Å². The third kappa shape index (κ3) is 4.17. The van der Waals surface area contributed by atoms with E-state index in [0.29, 0.717) is 18.7 Å². The molecule has 1 atom stereocenters. The Morgan fingerprint density at radius 3 is 2.68 bits per heavy atom. The predicted molar refractivity (Wildman–Crippen MR) is 79.0 cm³/mol. The van der Waals surface area contributed by atoms with Gasteiger partial charge in [0, 0.05) is 13.2 Å². The van der Waals surface area contributed by atoms with Crippen molar-refractivity contribution in [3.63, 3.8) is 0 Å². The molecule has 114 valence electrons. The quantitative estimate of drug-likeness (QED) is 0.635. The van der Waals surface area contributed by atoms with Gasteiger partial charge < -0.3 is 15.2 Å². The Balaban J connectivity index is 2.01. The summed E-state index contributed by atoms with van der Waals surface area (Å²) in [5.74, 6) is -1.48. The van der Waals surface area contributed by atoms with Gasteiger partial charge in [-0.05, 0) is 36.6 Å². The molecule has 6 nitrogen and oxygen atoms in total. The van der Waals surface area contributed by atoms with E-state index in [-0.39, 0.29) is 17.2 Å². The summed E-state index contributed by atoms with van der Waals surface area (Å²) in [4.78, 5) is 22.7. The van der Waals surface area contributed by atoms with Gasteiger partial charge in [0.05, 0.1) is 11.7 Å². The lowest BCUT2D eigenvalue weighted by Crippen LogP contribution is -2.32. The molecule has 1 saturated heterocycles. The molecule has 2 N–H and O–H groups in total. The molecular formula is C16H16N2O4. The second-order valence-electron chi connectivity index (χ2n) is 4.94. The first kappa shape index (κ1) is 15.7. The maximum absolute atomic E-state index is 12.0. The summed E-state index contributed by atoms with van der Waals surface area (Å²) in [6, 6.07) is 7.80. The Morgan fingerprint density at radius 2 is 2.14 bits per heavy atom. The molecule has 0 saturated carbocycles. The number of carboxylic acid groups (broad SMARTS) is 1. The molecule has 1 aliphatic rings. The average Bonchev–Trinajstić information content (AvgIpc) is 3.04. The molecule has 1 aromatic rings. The van der Waals surface area contributed by atoms with Crippen LogP contribution in [0.4, 0.5) is 0 Å². The number of carbonyl (C=O) groups excluding carboxylic acids is 1. The molecule has 0 aliphatic carbocycles. The minimum Gasteiger partial charge on any atom is -0.478 e. The molecule has 1 aliphatic heterocycles. The smallest absolute Gasteiger partial charge is 0.335 e. The van der Waals surface area contributed by atoms with Gasteiger partial charge in [-0.1, -0.05) is 12.1 Å². The lowest BCUT2D eigenvalue weighted by atomic mass is 10.1. The van der Waals surface area contributed by atoms with Gasteiger partial charge in [0.1, 0.15) is 11.6 Å². The van der Waals surface area contributed by atoms with E-state index < -0.39 is 11.9 Å². The Hall–Kier alpha value is -2.65. The zero-order chi connectivity index (χ0) is 15.9. The molecule has 0 bridgehead atoms. The summed E-state index contributed by atoms with van der Waals surface area (Å²) in [5.41, 5.74) is 0.716. The van der Waals surface area contributed by atoms with E-state index in [0.717, 1.165) is 12.8 Å². The lowest BCUT2D eigenvalue weighted by molar-refractivity contribution is -0.117. The van der Waals surface area contributed by atoms with Crippen LogP contribution in [0.2, 0.25) is 0 Å². The van der Waals surface area contributed by atoms with E-state index in [1.807, 2.05) is 6.07 Å². The first-order valence-electron chi connectivity index (χ1n) is 6.95. The second-order valence-corrected chi connectivity index (χ2v) is 4.94. The van der Waals surface area contributed by atoms with Crippen LogP contribution in [0.1, 0.15) is 28.8 Å². The average molecular weight is 300 g/mol. The van der Waals surface area contributed by atoms with Crippen molar-refractivity contribution in [3.8, 4) is 6.07 Å². The summed E-state index contributed by atoms with van der Waals surface area (Å²) in [5, 5.41) is 20.6. The van der Waals surface area contributed by atoms with E-state index in [1.54, 1.807) is 12.1 Å². The second kappa shape index (κ2) is 7.38. The fraction of sp³-hybridized carbons (Fsp3) is 0.312. The number of benzene rings is 1. The van der Waals surface area contributed by atoms with Gasteiger partial charge in [-0.3, -0.25) is 4.79 Å². The topological polar surface area (TPSA) is 99.4 Å². The van der Waals surface area contributed by atoms with Crippen LogP contribution < -0.4 is 5.32 Å². The number of aromatic carboxylic acids is 1. The van der Waals surface area contributed by atoms with E-state index in [9.17, 15) is 9.59 Å². The molecule has 0 aromatic heterocycles. The molecule has 22 heavy (non-hydrogen) atoms. The molecule has 0 radical (unpaired) electrons. The number of carbonyl (C=O) groups is 2. The van der Waals surface area contributed by atoms with Crippen LogP contribution in [0, 0.1) is 11.3 Å². The number of nitrogens with one attached hydrogen (secondary N) is 1. The first-order valence-corrected chi connectivity index (χ1v) is 6.95. The number of amides is 1. The first-order chi connectivity index (χ1) is 10.6. The molecular weight excluding hydrogens is 284 g/mol. The third-order valence-corrected chi connectivity index (χ3v) is 3.35. The van der Waals surface area contributed by atoms with Crippen LogP contribution >= 0.6 is 0 Å². The number of ether oxygens (including phenoxy) is 1. The van der Waals surface area contributed by atoms with Gasteiger partial charge in [0.2, 0.25) is 0 Å². The maximum atomic E-state index is 12.0. The van der Waals surface area contributed by atoms with E-state index in [4.69, 9.17) is 15.1 Å². The zero-order valence-corrected chi connectivity index (χ0v) is 11.9. The van der Waals surface area contributed by atoms with Crippen LogP contribution in [0.15, 0.2) is 29.8 Å². The van der Waals surface area contributed by atoms with Crippen molar-refractivity contribution in [2.24, 2.45) is 0 Å². The fourth-order valence-electron chi connectivity index (χ4n) is 2.14. The van der Waals surface area contributed by atoms with Gasteiger partial charge in [0.25, 0.3) is 5.91 Å². The minimum absolute atomic E-state index is 0.0127. The van der Waals surface area contributed by atoms with Crippen LogP contribution in [-0.4, -0.2) is 36.2 Å². The monoisotopic (exact) mass is 300 g/mol. The molecule has 1 fully saturated rings. The highest BCUT2D eigenvalue weighted by Crippen LogP contribution is 2.12. The summed E-state index contributed by atoms with van der Waals surface area (Å²) < 4.78 is 5.40. The summed E-state index contributed by atoms with van der Waals surface area (Å²) in [7, 11) is 0. The molecule has 6 heteroatoms. The van der Waals surface area contributed by atoms with Crippen molar-refractivity contribution in [3.05, 3.63) is 41.0 Å². The number of hydrogen-bond acceptors (Lipinski definition) is 4. The maximum Gasteiger partial charge on any atom is 0.335 e. The predicted octanol–water partition coefficient (Wildman–Crippen LogP) is 1.59. The van der Waals surface area contributed by atoms with Crippen molar-refractivity contribution in [1.29, 1.82) is 5.26 Å². The van der Waals surface area contributed by atoms with Crippen LogP contribution in [0.5, 0.6) is 0 Å². The van der Waals surface area contributed by atoms with E-state index >= 15 is 0 Å². The van der Waals surface area contributed by atoms with Gasteiger partial charge in [-0.2, -0.15) is 5.26 Å². The van der Waals surface area contributed by atoms with Crippen LogP contribution in [0.3, 0.4) is 0 Å². The van der Waals surface area contributed by atoms with Crippen LogP contribution in [0.25, 0.3) is 6.08 Å². The molecule has 1 amide bonds. The molecule has 1 heterocycles. The van der Waals surface area contributed by atoms with Gasteiger partial charge in [0.15, 0.2) is 0 Å². The molecule has 0 unspecified atom stereocenters. The van der Waals surface area contributed by atoms with Crippen molar-refractivity contribution in [1.82, 2.24) is 5.32 Å². The summed E-state index contributed by atoms with van der Waals surface area (Å²) >= 11 is 0. The van der Waals surface area contributed by atoms with Gasteiger partial charge in [-0.25, -0.2) is 4.79 Å². The molecule has 2 rings (SSSR count). The SMILES string of the molecule is N#C/C(=C/c1ccc(C(=O)O)cc1)C(=O)NC[C@H]1CCCO1. The number of nitrogens with zero attached hydrogens (tertiary/aromatic N) is 1. The van der Waals surface area contributed by atoms with Crippen molar-refractivity contribution in [2.75, 3.05) is 13.2 Å². The Bertz CT molecular complexity index is 623. The lowest BCUT2D eigenvalue weighted by Gasteiger charge is -2.10. The molecule has 1 aromatic carbocycles. The van der Waals surface area contributed by atoms with E-state index in [2.05, 4.69) is 5.32 Å². The highest BCUT2D eigenvalue weighted by atomic mass is 16.5. The van der Waals surface area contributed by atoms with Crippen molar-refractivity contribution < 1.29 is 19.4 Å². The Kier molecular flexibility index (Phi) is 5.28. The highest BCUT2D eigenvalue weighted by molar-refractivity contribution is 6.01. The number of rotatable bonds is 5. The summed E-state index contributed by atoms with van der Waals surface area (Å²) in [6.07, 6.45) is 3.33. The third-order valence-electron chi connectivity index (χ3n) is 3.35. The number of carboxylic acids is 1. The summed E-state index contributed by atoms with van der Waals surface area (Å²) in [6.45, 7) is 1.09. The largest absolute Gasteiger partial charge is 0.478 e.